The van der Waals surface area contributed by atoms with Gasteiger partial charge >= 0.3 is 5.97 Å². The van der Waals surface area contributed by atoms with Gasteiger partial charge in [0.15, 0.2) is 0 Å². The van der Waals surface area contributed by atoms with Crippen molar-refractivity contribution in [1.29, 1.82) is 5.26 Å². The van der Waals surface area contributed by atoms with Gasteiger partial charge in [0.25, 0.3) is 0 Å². The van der Waals surface area contributed by atoms with E-state index in [0.29, 0.717) is 12.3 Å². The lowest BCUT2D eigenvalue weighted by atomic mass is 9.96. The fourth-order valence-electron chi connectivity index (χ4n) is 1.93. The average Bonchev–Trinajstić information content (AvgIpc) is 2.39. The lowest BCUT2D eigenvalue weighted by Crippen LogP contribution is -2.24. The quantitative estimate of drug-likeness (QED) is 0.895. The average molecular weight is 260 g/mol. The highest BCUT2D eigenvalue weighted by molar-refractivity contribution is 8.01. The molecule has 0 fully saturated rings. The van der Waals surface area contributed by atoms with Gasteiger partial charge in [0.05, 0.1) is 17.5 Å². The summed E-state index contributed by atoms with van der Waals surface area (Å²) in [6.07, 6.45) is 0.876. The van der Waals surface area contributed by atoms with Gasteiger partial charge in [-0.3, -0.25) is 9.79 Å². The highest BCUT2D eigenvalue weighted by atomic mass is 32.2. The second-order valence-corrected chi connectivity index (χ2v) is 4.98. The molecule has 1 aliphatic heterocycles. The molecule has 0 saturated heterocycles. The molecule has 2 rings (SSSR count). The summed E-state index contributed by atoms with van der Waals surface area (Å²) < 4.78 is 0. The molecule has 18 heavy (non-hydrogen) atoms. The van der Waals surface area contributed by atoms with E-state index in [2.05, 4.69) is 11.1 Å². The Kier molecular flexibility index (Phi) is 4.00. The number of nitriles is 1. The molecule has 0 amide bonds. The van der Waals surface area contributed by atoms with Gasteiger partial charge < -0.3 is 5.11 Å². The first-order valence-corrected chi connectivity index (χ1v) is 6.63. The number of hydrogen-bond donors (Lipinski definition) is 1. The molecule has 1 unspecified atom stereocenters. The number of thioether (sulfide) groups is 1. The fraction of sp³-hybridized carbons (Fsp3) is 0.308. The molecule has 1 aromatic carbocycles. The third-order valence-electron chi connectivity index (χ3n) is 2.70. The van der Waals surface area contributed by atoms with Crippen molar-refractivity contribution in [2.45, 2.75) is 11.7 Å². The van der Waals surface area contributed by atoms with Gasteiger partial charge in [0.2, 0.25) is 0 Å². The molecule has 0 aromatic heterocycles. The lowest BCUT2D eigenvalue weighted by molar-refractivity contribution is -0.133. The molecule has 1 heterocycles. The maximum atomic E-state index is 10.6. The number of benzene rings is 1. The summed E-state index contributed by atoms with van der Waals surface area (Å²) in [6.45, 7) is 0.665. The van der Waals surface area contributed by atoms with Crippen LogP contribution in [0.15, 0.2) is 29.3 Å². The first kappa shape index (κ1) is 12.7. The third kappa shape index (κ3) is 2.71. The van der Waals surface area contributed by atoms with E-state index in [1.807, 2.05) is 24.3 Å². The maximum Gasteiger partial charge on any atom is 0.313 e. The molecular formula is C13H12N2O2S. The van der Waals surface area contributed by atoms with E-state index in [9.17, 15) is 10.1 Å². The van der Waals surface area contributed by atoms with Crippen LogP contribution in [0.4, 0.5) is 0 Å². The Morgan fingerprint density at radius 2 is 2.33 bits per heavy atom. The number of hydrogen-bond acceptors (Lipinski definition) is 4. The van der Waals surface area contributed by atoms with E-state index in [-0.39, 0.29) is 5.75 Å². The van der Waals surface area contributed by atoms with Gasteiger partial charge in [-0.1, -0.05) is 24.3 Å². The van der Waals surface area contributed by atoms with Crippen LogP contribution in [0.25, 0.3) is 0 Å². The van der Waals surface area contributed by atoms with Crippen molar-refractivity contribution in [2.24, 2.45) is 4.99 Å². The first-order valence-electron chi connectivity index (χ1n) is 5.58. The van der Waals surface area contributed by atoms with Gasteiger partial charge in [-0.2, -0.15) is 5.26 Å². The molecule has 0 saturated carbocycles. The van der Waals surface area contributed by atoms with E-state index < -0.39 is 11.2 Å². The SMILES string of the molecule is N#CC(SCC(=O)O)C1=NCCc2ccccc21. The van der Waals surface area contributed by atoms with Gasteiger partial charge in [-0.25, -0.2) is 0 Å². The van der Waals surface area contributed by atoms with Crippen LogP contribution in [0.2, 0.25) is 0 Å². The van der Waals surface area contributed by atoms with Crippen LogP contribution in [-0.2, 0) is 11.2 Å². The largest absolute Gasteiger partial charge is 0.481 e. The summed E-state index contributed by atoms with van der Waals surface area (Å²) in [6, 6.07) is 9.99. The summed E-state index contributed by atoms with van der Waals surface area (Å²) in [5.74, 6) is -0.996. The minimum Gasteiger partial charge on any atom is -0.481 e. The second kappa shape index (κ2) is 5.69. The van der Waals surface area contributed by atoms with Gasteiger partial charge in [0.1, 0.15) is 5.25 Å². The van der Waals surface area contributed by atoms with Crippen molar-refractivity contribution in [2.75, 3.05) is 12.3 Å². The highest BCUT2D eigenvalue weighted by Crippen LogP contribution is 2.23. The predicted molar refractivity (Wildman–Crippen MR) is 71.0 cm³/mol. The molecule has 1 N–H and O–H groups in total. The summed E-state index contributed by atoms with van der Waals surface area (Å²) >= 11 is 1.11. The number of aliphatic imine (C=N–C) groups is 1. The summed E-state index contributed by atoms with van der Waals surface area (Å²) in [5, 5.41) is 17.3. The predicted octanol–water partition coefficient (Wildman–Crippen LogP) is 1.74. The van der Waals surface area contributed by atoms with Crippen molar-refractivity contribution < 1.29 is 9.90 Å². The first-order chi connectivity index (χ1) is 8.72. The minimum absolute atomic E-state index is 0.0839. The van der Waals surface area contributed by atoms with Gasteiger partial charge in [0, 0.05) is 12.1 Å². The minimum atomic E-state index is -0.912. The van der Waals surface area contributed by atoms with Crippen LogP contribution in [0.5, 0.6) is 0 Å². The van der Waals surface area contributed by atoms with Crippen LogP contribution in [0.3, 0.4) is 0 Å². The van der Waals surface area contributed by atoms with Crippen LogP contribution >= 0.6 is 11.8 Å². The Morgan fingerprint density at radius 3 is 3.06 bits per heavy atom. The van der Waals surface area contributed by atoms with Crippen molar-refractivity contribution in [1.82, 2.24) is 0 Å². The van der Waals surface area contributed by atoms with Crippen LogP contribution < -0.4 is 0 Å². The Hall–Kier alpha value is -1.80. The van der Waals surface area contributed by atoms with Crippen molar-refractivity contribution in [3.8, 4) is 6.07 Å². The summed E-state index contributed by atoms with van der Waals surface area (Å²) in [4.78, 5) is 15.0. The Morgan fingerprint density at radius 1 is 1.56 bits per heavy atom. The Labute approximate surface area is 109 Å². The van der Waals surface area contributed by atoms with Gasteiger partial charge in [-0.15, -0.1) is 11.8 Å². The molecule has 1 aromatic rings. The molecular weight excluding hydrogens is 248 g/mol. The van der Waals surface area contributed by atoms with Crippen molar-refractivity contribution in [3.05, 3.63) is 35.4 Å². The number of nitrogens with zero attached hydrogens (tertiary/aromatic N) is 2. The highest BCUT2D eigenvalue weighted by Gasteiger charge is 2.23. The molecule has 5 heteroatoms. The number of carboxylic acids is 1. The number of aliphatic carboxylic acids is 1. The second-order valence-electron chi connectivity index (χ2n) is 3.89. The topological polar surface area (TPSA) is 73.5 Å². The molecule has 92 valence electrons. The van der Waals surface area contributed by atoms with E-state index in [4.69, 9.17) is 5.11 Å². The van der Waals surface area contributed by atoms with E-state index in [1.165, 1.54) is 5.56 Å². The molecule has 0 aliphatic carbocycles. The van der Waals surface area contributed by atoms with Gasteiger partial charge in [-0.05, 0) is 12.0 Å². The zero-order chi connectivity index (χ0) is 13.0. The zero-order valence-electron chi connectivity index (χ0n) is 9.67. The molecule has 0 bridgehead atoms. The van der Waals surface area contributed by atoms with E-state index >= 15 is 0 Å². The Bertz CT molecular complexity index is 534. The fourth-order valence-corrected chi connectivity index (χ4v) is 2.67. The summed E-state index contributed by atoms with van der Waals surface area (Å²) in [5.41, 5.74) is 2.87. The molecule has 0 spiro atoms. The van der Waals surface area contributed by atoms with Crippen LogP contribution in [-0.4, -0.2) is 34.3 Å². The smallest absolute Gasteiger partial charge is 0.313 e. The lowest BCUT2D eigenvalue weighted by Gasteiger charge is -2.19. The third-order valence-corrected chi connectivity index (χ3v) is 3.77. The van der Waals surface area contributed by atoms with Crippen LogP contribution in [0, 0.1) is 11.3 Å². The molecule has 1 atom stereocenters. The number of carbonyl (C=O) groups is 1. The van der Waals surface area contributed by atoms with E-state index in [1.54, 1.807) is 0 Å². The normalized spacial score (nSPS) is 15.2. The Balaban J connectivity index is 2.24. The standard InChI is InChI=1S/C13H12N2O2S/c14-7-11(18-8-12(16)17)13-10-4-2-1-3-9(10)5-6-15-13/h1-4,11H,5-6,8H2,(H,16,17). The van der Waals surface area contributed by atoms with Crippen LogP contribution in [0.1, 0.15) is 11.1 Å². The summed E-state index contributed by atoms with van der Waals surface area (Å²) in [7, 11) is 0. The maximum absolute atomic E-state index is 10.6. The van der Waals surface area contributed by atoms with E-state index in [0.717, 1.165) is 23.7 Å². The molecule has 0 radical (unpaired) electrons. The van der Waals surface area contributed by atoms with Crippen molar-refractivity contribution >= 4 is 23.4 Å². The monoisotopic (exact) mass is 260 g/mol. The molecule has 4 nitrogen and oxygen atoms in total. The molecule has 1 aliphatic rings. The number of fused-ring (bicyclic) bond motifs is 1. The number of rotatable bonds is 4. The zero-order valence-corrected chi connectivity index (χ0v) is 10.5. The van der Waals surface area contributed by atoms with Crippen molar-refractivity contribution in [3.63, 3.8) is 0 Å². The number of carboxylic acid groups (broad SMARTS) is 1.